The highest BCUT2D eigenvalue weighted by molar-refractivity contribution is 14.1. The van der Waals surface area contributed by atoms with E-state index >= 15 is 0 Å². The van der Waals surface area contributed by atoms with E-state index in [1.54, 1.807) is 0 Å². The van der Waals surface area contributed by atoms with Crippen molar-refractivity contribution in [3.8, 4) is 0 Å². The van der Waals surface area contributed by atoms with E-state index in [1.807, 2.05) is 0 Å². The molecular formula is C15H19IO. The summed E-state index contributed by atoms with van der Waals surface area (Å²) in [6, 6.07) is 8.70. The van der Waals surface area contributed by atoms with Crippen molar-refractivity contribution >= 4 is 22.6 Å². The Labute approximate surface area is 117 Å². The van der Waals surface area contributed by atoms with Crippen LogP contribution in [-0.2, 0) is 11.2 Å². The van der Waals surface area contributed by atoms with Crippen LogP contribution < -0.4 is 0 Å². The van der Waals surface area contributed by atoms with E-state index in [1.165, 1.54) is 9.13 Å². The van der Waals surface area contributed by atoms with Crippen LogP contribution in [0.5, 0.6) is 0 Å². The van der Waals surface area contributed by atoms with Crippen molar-refractivity contribution in [3.63, 3.8) is 0 Å². The molecule has 1 aliphatic heterocycles. The lowest BCUT2D eigenvalue weighted by atomic mass is 9.96. The van der Waals surface area contributed by atoms with Gasteiger partial charge >= 0.3 is 0 Å². The second-order valence-corrected chi connectivity index (χ2v) is 5.94. The first kappa shape index (κ1) is 13.1. The van der Waals surface area contributed by atoms with E-state index < -0.39 is 0 Å². The van der Waals surface area contributed by atoms with Crippen LogP contribution in [0.4, 0.5) is 0 Å². The molecule has 0 radical (unpaired) electrons. The molecule has 2 heteroatoms. The smallest absolute Gasteiger partial charge is 0.0800 e. The number of hydrogen-bond donors (Lipinski definition) is 0. The first-order valence-corrected chi connectivity index (χ1v) is 7.35. The fourth-order valence-electron chi connectivity index (χ4n) is 2.25. The summed E-state index contributed by atoms with van der Waals surface area (Å²) in [5.41, 5.74) is 1.35. The van der Waals surface area contributed by atoms with Crippen molar-refractivity contribution in [2.45, 2.75) is 38.9 Å². The van der Waals surface area contributed by atoms with E-state index in [9.17, 15) is 0 Å². The van der Waals surface area contributed by atoms with Gasteiger partial charge in [-0.25, -0.2) is 0 Å². The van der Waals surface area contributed by atoms with Crippen LogP contribution in [-0.4, -0.2) is 12.2 Å². The van der Waals surface area contributed by atoms with Gasteiger partial charge in [0.2, 0.25) is 0 Å². The van der Waals surface area contributed by atoms with Gasteiger partial charge in [-0.15, -0.1) is 0 Å². The fraction of sp³-hybridized carbons (Fsp3) is 0.467. The molecule has 0 aromatic heterocycles. The van der Waals surface area contributed by atoms with Crippen LogP contribution in [0.15, 0.2) is 36.4 Å². The summed E-state index contributed by atoms with van der Waals surface area (Å²) in [5.74, 6) is 0.549. The number of rotatable bonds is 3. The van der Waals surface area contributed by atoms with Gasteiger partial charge in [-0.1, -0.05) is 38.1 Å². The maximum atomic E-state index is 6.09. The molecule has 1 aliphatic rings. The lowest BCUT2D eigenvalue weighted by molar-refractivity contribution is -0.0187. The Kier molecular flexibility index (Phi) is 4.62. The summed E-state index contributed by atoms with van der Waals surface area (Å²) in [5, 5.41) is 0. The Morgan fingerprint density at radius 2 is 1.88 bits per heavy atom. The summed E-state index contributed by atoms with van der Waals surface area (Å²) < 4.78 is 7.38. The molecule has 1 aromatic rings. The second kappa shape index (κ2) is 6.01. The molecule has 2 rings (SSSR count). The quantitative estimate of drug-likeness (QED) is 0.591. The molecule has 0 amide bonds. The fourth-order valence-corrected chi connectivity index (χ4v) is 2.61. The van der Waals surface area contributed by atoms with E-state index in [4.69, 9.17) is 4.74 Å². The van der Waals surface area contributed by atoms with Gasteiger partial charge in [0.25, 0.3) is 0 Å². The van der Waals surface area contributed by atoms with Crippen LogP contribution in [0, 0.1) is 9.49 Å². The van der Waals surface area contributed by atoms with Crippen LogP contribution in [0.3, 0.4) is 0 Å². The Bertz CT molecular complexity index is 382. The van der Waals surface area contributed by atoms with Crippen molar-refractivity contribution in [1.82, 2.24) is 0 Å². The SMILES string of the molecule is CC[C@H]1O[C@@H](Cc2ccc(I)cc2)C=C[C@@H]1C. The largest absolute Gasteiger partial charge is 0.370 e. The van der Waals surface area contributed by atoms with Crippen molar-refractivity contribution in [3.05, 3.63) is 45.6 Å². The molecule has 17 heavy (non-hydrogen) atoms. The standard InChI is InChI=1S/C15H19IO/c1-3-15-11(2)4-9-14(17-15)10-12-5-7-13(16)8-6-12/h4-9,11,14-15H,3,10H2,1-2H3/t11-,14+,15+/m0/s1. The first-order valence-electron chi connectivity index (χ1n) is 6.27. The van der Waals surface area contributed by atoms with Gasteiger partial charge in [0, 0.05) is 15.9 Å². The van der Waals surface area contributed by atoms with E-state index in [0.29, 0.717) is 12.0 Å². The van der Waals surface area contributed by atoms with E-state index in [2.05, 4.69) is 72.9 Å². The van der Waals surface area contributed by atoms with Crippen molar-refractivity contribution < 1.29 is 4.74 Å². The molecule has 0 bridgehead atoms. The lowest BCUT2D eigenvalue weighted by Gasteiger charge is -2.30. The van der Waals surface area contributed by atoms with Crippen LogP contribution >= 0.6 is 22.6 Å². The van der Waals surface area contributed by atoms with E-state index in [0.717, 1.165) is 12.8 Å². The zero-order valence-corrected chi connectivity index (χ0v) is 12.6. The van der Waals surface area contributed by atoms with Crippen LogP contribution in [0.2, 0.25) is 0 Å². The molecule has 1 heterocycles. The first-order chi connectivity index (χ1) is 8.19. The molecule has 0 spiro atoms. The topological polar surface area (TPSA) is 9.23 Å². The normalized spacial score (nSPS) is 28.3. The average Bonchev–Trinajstić information content (AvgIpc) is 2.34. The van der Waals surface area contributed by atoms with Crippen molar-refractivity contribution in [1.29, 1.82) is 0 Å². The minimum Gasteiger partial charge on any atom is -0.370 e. The predicted molar refractivity (Wildman–Crippen MR) is 80.1 cm³/mol. The summed E-state index contributed by atoms with van der Waals surface area (Å²) in [6.07, 6.45) is 7.22. The number of ether oxygens (including phenoxy) is 1. The summed E-state index contributed by atoms with van der Waals surface area (Å²) in [6.45, 7) is 4.42. The van der Waals surface area contributed by atoms with Gasteiger partial charge in [0.05, 0.1) is 12.2 Å². The monoisotopic (exact) mass is 342 g/mol. The van der Waals surface area contributed by atoms with E-state index in [-0.39, 0.29) is 6.10 Å². The van der Waals surface area contributed by atoms with Gasteiger partial charge in [0.1, 0.15) is 0 Å². The highest BCUT2D eigenvalue weighted by Crippen LogP contribution is 2.23. The lowest BCUT2D eigenvalue weighted by Crippen LogP contribution is -2.30. The zero-order chi connectivity index (χ0) is 12.3. The Hall–Kier alpha value is -0.350. The highest BCUT2D eigenvalue weighted by Gasteiger charge is 2.22. The van der Waals surface area contributed by atoms with Gasteiger partial charge in [-0.2, -0.15) is 0 Å². The Morgan fingerprint density at radius 1 is 1.18 bits per heavy atom. The number of benzene rings is 1. The second-order valence-electron chi connectivity index (χ2n) is 4.70. The molecule has 1 nitrogen and oxygen atoms in total. The molecule has 92 valence electrons. The molecule has 0 N–H and O–H groups in total. The Morgan fingerprint density at radius 3 is 2.53 bits per heavy atom. The molecule has 0 saturated carbocycles. The highest BCUT2D eigenvalue weighted by atomic mass is 127. The molecule has 0 unspecified atom stereocenters. The zero-order valence-electron chi connectivity index (χ0n) is 10.4. The number of halogens is 1. The third-order valence-electron chi connectivity index (χ3n) is 3.32. The summed E-state index contributed by atoms with van der Waals surface area (Å²) in [4.78, 5) is 0. The average molecular weight is 342 g/mol. The molecular weight excluding hydrogens is 323 g/mol. The molecule has 0 aliphatic carbocycles. The molecule has 1 aromatic carbocycles. The minimum absolute atomic E-state index is 0.246. The third kappa shape index (κ3) is 3.55. The maximum Gasteiger partial charge on any atom is 0.0800 e. The van der Waals surface area contributed by atoms with Gasteiger partial charge in [-0.3, -0.25) is 0 Å². The predicted octanol–water partition coefficient (Wildman–Crippen LogP) is 4.20. The molecule has 3 atom stereocenters. The summed E-state index contributed by atoms with van der Waals surface area (Å²) in [7, 11) is 0. The van der Waals surface area contributed by atoms with Gasteiger partial charge in [-0.05, 0) is 46.7 Å². The van der Waals surface area contributed by atoms with Gasteiger partial charge in [0.15, 0.2) is 0 Å². The van der Waals surface area contributed by atoms with Gasteiger partial charge < -0.3 is 4.74 Å². The minimum atomic E-state index is 0.246. The maximum absolute atomic E-state index is 6.09. The van der Waals surface area contributed by atoms with Crippen molar-refractivity contribution in [2.75, 3.05) is 0 Å². The Balaban J connectivity index is 2.00. The molecule has 0 fully saturated rings. The van der Waals surface area contributed by atoms with Crippen LogP contribution in [0.1, 0.15) is 25.8 Å². The number of hydrogen-bond acceptors (Lipinski definition) is 1. The van der Waals surface area contributed by atoms with Crippen molar-refractivity contribution in [2.24, 2.45) is 5.92 Å². The summed E-state index contributed by atoms with van der Waals surface area (Å²) >= 11 is 2.33. The molecule has 0 saturated heterocycles. The van der Waals surface area contributed by atoms with Crippen LogP contribution in [0.25, 0.3) is 0 Å². The third-order valence-corrected chi connectivity index (χ3v) is 4.04.